The van der Waals surface area contributed by atoms with E-state index in [1.807, 2.05) is 26.8 Å². The van der Waals surface area contributed by atoms with Crippen LogP contribution in [0.4, 0.5) is 8.78 Å². The second-order valence-electron chi connectivity index (χ2n) is 23.7. The van der Waals surface area contributed by atoms with Crippen molar-refractivity contribution < 1.29 is 81.5 Å². The number of benzene rings is 2. The largest absolute Gasteiger partial charge is 0.508 e. The van der Waals surface area contributed by atoms with Crippen LogP contribution in [0.25, 0.3) is 10.9 Å². The van der Waals surface area contributed by atoms with Gasteiger partial charge in [0, 0.05) is 128 Å². The summed E-state index contributed by atoms with van der Waals surface area (Å²) in [6.45, 7) is 6.84. The van der Waals surface area contributed by atoms with Gasteiger partial charge in [-0.25, -0.2) is 8.78 Å². The zero-order valence-electron chi connectivity index (χ0n) is 54.4. The number of aliphatic hydroxyl groups is 1. The lowest BCUT2D eigenvalue weighted by Crippen LogP contribution is -2.52. The lowest BCUT2D eigenvalue weighted by molar-refractivity contribution is -0.141. The number of carbonyl (C=O) groups excluding carboxylic acids is 8. The van der Waals surface area contributed by atoms with Gasteiger partial charge in [-0.3, -0.25) is 77.6 Å². The van der Waals surface area contributed by atoms with Crippen molar-refractivity contribution in [2.45, 2.75) is 88.8 Å². The van der Waals surface area contributed by atoms with Gasteiger partial charge in [-0.1, -0.05) is 18.1 Å². The number of terminal acetylenes is 1. The van der Waals surface area contributed by atoms with Gasteiger partial charge in [0.2, 0.25) is 23.6 Å². The van der Waals surface area contributed by atoms with Crippen LogP contribution in [0.3, 0.4) is 0 Å². The number of carboxylic acids is 1. The molecule has 3 saturated heterocycles. The summed E-state index contributed by atoms with van der Waals surface area (Å²) in [7, 11) is 0. The molecule has 28 nitrogen and oxygen atoms in total. The number of carbonyl (C=O) groups is 9. The maximum absolute atomic E-state index is 14.0. The summed E-state index contributed by atoms with van der Waals surface area (Å²) >= 11 is 1.29. The van der Waals surface area contributed by atoms with Gasteiger partial charge >= 0.3 is 5.97 Å². The first-order valence-corrected chi connectivity index (χ1v) is 33.5. The van der Waals surface area contributed by atoms with E-state index in [9.17, 15) is 67.3 Å². The number of pyridine rings is 1. The molecule has 6 rings (SSSR count). The molecule has 2 aromatic carbocycles. The molecule has 0 aliphatic carbocycles. The monoisotopic (exact) mass is 1360 g/mol. The molecule has 4 heterocycles. The van der Waals surface area contributed by atoms with Gasteiger partial charge in [0.25, 0.3) is 30.7 Å². The summed E-state index contributed by atoms with van der Waals surface area (Å²) in [6.07, 6.45) is 9.19. The van der Waals surface area contributed by atoms with Gasteiger partial charge in [0.1, 0.15) is 37.1 Å². The average molecular weight is 1360 g/mol. The first-order valence-electron chi connectivity index (χ1n) is 32.3. The summed E-state index contributed by atoms with van der Waals surface area (Å²) < 4.78 is 44.0. The van der Waals surface area contributed by atoms with E-state index >= 15 is 0 Å². The number of carboxylic acid groups (broad SMARTS) is 1. The van der Waals surface area contributed by atoms with Gasteiger partial charge in [-0.15, -0.1) is 6.42 Å². The number of fused-ring (bicyclic) bond motifs is 1. The van der Waals surface area contributed by atoms with E-state index in [1.165, 1.54) is 24.0 Å². The highest BCUT2D eigenvalue weighted by atomic mass is 32.2. The van der Waals surface area contributed by atoms with Crippen molar-refractivity contribution in [1.82, 2.24) is 60.6 Å². The van der Waals surface area contributed by atoms with Crippen LogP contribution in [0.2, 0.25) is 0 Å². The number of likely N-dealkylation sites (tertiary alicyclic amines) is 1. The van der Waals surface area contributed by atoms with Crippen LogP contribution in [0.1, 0.15) is 74.2 Å². The Kier molecular flexibility index (Phi) is 32.9. The van der Waals surface area contributed by atoms with E-state index in [4.69, 9.17) is 20.6 Å². The van der Waals surface area contributed by atoms with Gasteiger partial charge in [0.05, 0.1) is 55.7 Å². The number of amidine groups is 1. The Bertz CT molecular complexity index is 3110. The lowest BCUT2D eigenvalue weighted by Gasteiger charge is -2.35. The second kappa shape index (κ2) is 41.1. The number of ether oxygens (including phenoxy) is 3. The Morgan fingerprint density at radius 3 is 2.12 bits per heavy atom. The minimum absolute atomic E-state index is 0.0216. The number of halogens is 2. The summed E-state index contributed by atoms with van der Waals surface area (Å²) in [5.74, 6) is -3.15. The fraction of sp³-hybridized carbons (Fsp3) is 0.585. The zero-order valence-corrected chi connectivity index (χ0v) is 55.2. The molecule has 3 aliphatic rings. The predicted octanol–water partition coefficient (Wildman–Crippen LogP) is 0.833. The van der Waals surface area contributed by atoms with E-state index < -0.39 is 73.2 Å². The molecule has 0 bridgehead atoms. The van der Waals surface area contributed by atoms with Crippen LogP contribution in [-0.2, 0) is 54.3 Å². The van der Waals surface area contributed by atoms with E-state index in [-0.39, 0.29) is 87.9 Å². The molecular weight excluding hydrogens is 1270 g/mol. The number of aliphatic hydroxyl groups excluding tert-OH is 1. The minimum atomic E-state index is -3.10. The Morgan fingerprint density at radius 2 is 1.47 bits per heavy atom. The highest BCUT2D eigenvalue weighted by Gasteiger charge is 2.46. The Hall–Kier alpha value is -8.12. The number of thioether (sulfide) groups is 1. The number of nitrogens with zero attached hydrogens (tertiary/aromatic N) is 9. The maximum Gasteiger partial charge on any atom is 0.317 e. The van der Waals surface area contributed by atoms with Crippen molar-refractivity contribution in [3.05, 3.63) is 65.9 Å². The average Bonchev–Trinajstić information content (AvgIpc) is 1.65. The predicted molar refractivity (Wildman–Crippen MR) is 353 cm³/mol. The number of aryl methyl sites for hydroxylation is 1. The number of phenols is 1. The number of phenolic OH excluding ortho intramolecular Hbond substituents is 1. The standard InChI is InChI=1S/C65H91F2N13O15S/c1-3-50-38-65(66,67)43-80(50)60(87)39-71-62(90)53-18-20-69-55-17-16-52(37-54(53)55)95-35-7-6-22-74-31-33-79(34-32-74)64(92)57(84)42-96-36-21-70-63(91)56(10-4-5-19-68-48(2)72-58(85)11-8-9-49-12-14-51(83)15-13-49)73-59(86)40-75-23-24-76(41-61(88)89)26-28-78(45-94-47-82)30-29-77(27-25-75)44-93-46-81/h1,12-18,20,37,46-47,50,56-57,83-84H,4-11,19,21-36,38-45H2,2H3,(H,70,91)(H,71,90)(H,73,86)(H,88,89)(H,68,72,85)/t50-,56?,57?/m0/s1. The van der Waals surface area contributed by atoms with Crippen LogP contribution in [-0.4, -0.2) is 295 Å². The summed E-state index contributed by atoms with van der Waals surface area (Å²) in [5.41, 5.74) is 1.74. The molecule has 3 aromatic rings. The normalized spacial score (nSPS) is 17.8. The number of hydrogen-bond acceptors (Lipinski definition) is 22. The molecule has 31 heteroatoms. The minimum Gasteiger partial charge on any atom is -0.508 e. The summed E-state index contributed by atoms with van der Waals surface area (Å²) in [6, 6.07) is 11.4. The number of hydrogen-bond donors (Lipinski definition) is 7. The van der Waals surface area contributed by atoms with Gasteiger partial charge < -0.3 is 60.6 Å². The van der Waals surface area contributed by atoms with Crippen LogP contribution in [0.15, 0.2) is 59.7 Å². The van der Waals surface area contributed by atoms with Crippen LogP contribution >= 0.6 is 11.8 Å². The molecule has 96 heavy (non-hydrogen) atoms. The number of piperazine rings is 1. The van der Waals surface area contributed by atoms with E-state index in [0.29, 0.717) is 152 Å². The number of unbranched alkanes of at least 4 members (excludes halogenated alkanes) is 2. The quantitative estimate of drug-likeness (QED) is 0.0139. The van der Waals surface area contributed by atoms with Crippen LogP contribution in [0, 0.1) is 12.3 Å². The Labute approximate surface area is 562 Å². The fourth-order valence-corrected chi connectivity index (χ4v) is 11.9. The van der Waals surface area contributed by atoms with Crippen molar-refractivity contribution >= 4 is 82.9 Å². The number of aromatic nitrogens is 1. The first kappa shape index (κ1) is 76.9. The molecule has 0 saturated carbocycles. The number of aliphatic imine (C=N–C) groups is 1. The van der Waals surface area contributed by atoms with Crippen molar-refractivity contribution in [1.29, 1.82) is 0 Å². The number of aliphatic carboxylic acids is 1. The number of rotatable bonds is 36. The molecular formula is C65H91F2N13O15S. The molecule has 0 radical (unpaired) electrons. The summed E-state index contributed by atoms with van der Waals surface area (Å²) in [4.78, 5) is 135. The number of aromatic hydroxyl groups is 1. The van der Waals surface area contributed by atoms with Crippen LogP contribution in [0.5, 0.6) is 11.5 Å². The molecule has 6 amide bonds. The third kappa shape index (κ3) is 27.5. The molecule has 1 aromatic heterocycles. The van der Waals surface area contributed by atoms with E-state index in [2.05, 4.69) is 42.1 Å². The van der Waals surface area contributed by atoms with Gasteiger partial charge in [0.15, 0.2) is 0 Å². The fourth-order valence-electron chi connectivity index (χ4n) is 11.1. The molecule has 7 N–H and O–H groups in total. The van der Waals surface area contributed by atoms with E-state index in [0.717, 1.165) is 23.4 Å². The topological polar surface area (TPSA) is 338 Å². The zero-order chi connectivity index (χ0) is 69.2. The SMILES string of the molecule is C#C[C@H]1CC(F)(F)CN1C(=O)CNC(=O)c1ccnc2ccc(OCCCCN3CCN(C(=O)C(O)CSCCNC(=O)C(CCCCN=C(C)NC(=O)CCCc4ccc(O)cc4)NC(=O)CN4CCN(COC=O)CCN(COC=O)CCN(CC(=O)O)CC4)CC3)cc12. The Morgan fingerprint density at radius 1 is 0.812 bits per heavy atom. The molecule has 526 valence electrons. The molecule has 2 unspecified atom stereocenters. The van der Waals surface area contributed by atoms with Gasteiger partial charge in [-0.2, -0.15) is 11.8 Å². The maximum atomic E-state index is 14.0. The summed E-state index contributed by atoms with van der Waals surface area (Å²) in [5, 5.41) is 41.8. The molecule has 3 aliphatic heterocycles. The first-order chi connectivity index (χ1) is 46.2. The Balaban J connectivity index is 0.931. The molecule has 3 atom stereocenters. The second-order valence-corrected chi connectivity index (χ2v) is 24.9. The smallest absolute Gasteiger partial charge is 0.317 e. The van der Waals surface area contributed by atoms with Gasteiger partial charge in [-0.05, 0) is 100 Å². The number of amides is 6. The molecule has 3 fully saturated rings. The van der Waals surface area contributed by atoms with Crippen molar-refractivity contribution in [2.75, 3.05) is 156 Å². The van der Waals surface area contributed by atoms with Crippen molar-refractivity contribution in [3.8, 4) is 23.8 Å². The van der Waals surface area contributed by atoms with Crippen molar-refractivity contribution in [3.63, 3.8) is 0 Å². The van der Waals surface area contributed by atoms with Crippen LogP contribution < -0.4 is 26.0 Å². The number of nitrogens with one attached hydrogen (secondary N) is 4. The van der Waals surface area contributed by atoms with Crippen molar-refractivity contribution in [2.24, 2.45) is 4.99 Å². The number of alkyl halides is 2. The third-order valence-electron chi connectivity index (χ3n) is 16.4. The highest BCUT2D eigenvalue weighted by molar-refractivity contribution is 7.99. The molecule has 0 spiro atoms. The third-order valence-corrected chi connectivity index (χ3v) is 17.4. The highest BCUT2D eigenvalue weighted by Crippen LogP contribution is 2.32. The lowest BCUT2D eigenvalue weighted by atomic mass is 10.1. The van der Waals surface area contributed by atoms with E-state index in [1.54, 1.807) is 47.1 Å².